The lowest BCUT2D eigenvalue weighted by molar-refractivity contribution is 0.102. The predicted octanol–water partition coefficient (Wildman–Crippen LogP) is 2.24. The Morgan fingerprint density at radius 2 is 1.93 bits per heavy atom. The number of halogens is 2. The summed E-state index contributed by atoms with van der Waals surface area (Å²) < 4.78 is 59.1. The number of nitrogens with one attached hydrogen (secondary N) is 3. The van der Waals surface area contributed by atoms with Crippen LogP contribution in [0, 0.1) is 17.0 Å². The maximum absolute atomic E-state index is 14.6. The van der Waals surface area contributed by atoms with Gasteiger partial charge < -0.3 is 15.4 Å². The van der Waals surface area contributed by atoms with Gasteiger partial charge in [0.05, 0.1) is 24.0 Å². The number of benzene rings is 2. The Hall–Kier alpha value is -3.21. The number of hydrogen-bond acceptors (Lipinski definition) is 5. The molecule has 0 unspecified atom stereocenters. The maximum atomic E-state index is 14.6. The van der Waals surface area contributed by atoms with Gasteiger partial charge in [0, 0.05) is 24.4 Å². The van der Waals surface area contributed by atoms with Crippen LogP contribution in [0.5, 0.6) is 5.75 Å². The van der Waals surface area contributed by atoms with Crippen LogP contribution in [0.3, 0.4) is 0 Å². The van der Waals surface area contributed by atoms with Crippen LogP contribution in [0.2, 0.25) is 0 Å². The predicted molar refractivity (Wildman–Crippen MR) is 107 cm³/mol. The molecule has 1 saturated heterocycles. The molecule has 1 fully saturated rings. The molecule has 0 radical (unpaired) electrons. The molecule has 8 nitrogen and oxygen atoms in total. The SMILES string of the molecule is COc1ccc(C(=O)Nc2ccc(F)c([C@]3(C)CS(=O)(=O)N(C)C(=N)N3)c2)c(F)c1. The zero-order chi connectivity index (χ0) is 22.3. The van der Waals surface area contributed by atoms with Crippen molar-refractivity contribution in [1.82, 2.24) is 9.62 Å². The van der Waals surface area contributed by atoms with Crippen LogP contribution >= 0.6 is 0 Å². The Labute approximate surface area is 172 Å². The summed E-state index contributed by atoms with van der Waals surface area (Å²) in [5.41, 5.74) is -1.61. The monoisotopic (exact) mass is 438 g/mol. The first-order valence-corrected chi connectivity index (χ1v) is 10.4. The van der Waals surface area contributed by atoms with E-state index in [1.807, 2.05) is 0 Å². The molecule has 11 heteroatoms. The Kier molecular flexibility index (Phi) is 5.42. The van der Waals surface area contributed by atoms with Crippen molar-refractivity contribution in [1.29, 1.82) is 5.41 Å². The second-order valence-corrected chi connectivity index (χ2v) is 9.02. The second kappa shape index (κ2) is 7.56. The molecule has 2 aromatic carbocycles. The number of carbonyl (C=O) groups is 1. The summed E-state index contributed by atoms with van der Waals surface area (Å²) in [6.45, 7) is 1.44. The number of rotatable bonds is 4. The molecular formula is C19H20F2N4O4S. The number of anilines is 1. The van der Waals surface area contributed by atoms with Gasteiger partial charge in [-0.3, -0.25) is 10.2 Å². The summed E-state index contributed by atoms with van der Waals surface area (Å²) in [6, 6.07) is 7.34. The molecule has 0 aliphatic carbocycles. The normalized spacial score (nSPS) is 20.4. The number of methoxy groups -OCH3 is 1. The molecule has 2 aromatic rings. The molecule has 1 aliphatic rings. The molecule has 0 aromatic heterocycles. The minimum Gasteiger partial charge on any atom is -0.497 e. The number of hydrogen-bond donors (Lipinski definition) is 3. The molecule has 3 rings (SSSR count). The first-order chi connectivity index (χ1) is 14.0. The number of ether oxygens (including phenoxy) is 1. The smallest absolute Gasteiger partial charge is 0.258 e. The molecule has 0 saturated carbocycles. The summed E-state index contributed by atoms with van der Waals surface area (Å²) in [6.07, 6.45) is 0. The first-order valence-electron chi connectivity index (χ1n) is 8.75. The Bertz CT molecular complexity index is 1140. The van der Waals surface area contributed by atoms with Crippen molar-refractivity contribution in [2.75, 3.05) is 25.2 Å². The number of amides is 1. The zero-order valence-corrected chi connectivity index (χ0v) is 17.2. The molecule has 1 heterocycles. The van der Waals surface area contributed by atoms with Crippen molar-refractivity contribution in [2.45, 2.75) is 12.5 Å². The van der Waals surface area contributed by atoms with E-state index in [9.17, 15) is 22.0 Å². The number of guanidine groups is 1. The highest BCUT2D eigenvalue weighted by Crippen LogP contribution is 2.31. The van der Waals surface area contributed by atoms with E-state index >= 15 is 0 Å². The van der Waals surface area contributed by atoms with Crippen LogP contribution in [0.4, 0.5) is 14.5 Å². The van der Waals surface area contributed by atoms with Gasteiger partial charge in [0.15, 0.2) is 0 Å². The minimum atomic E-state index is -3.84. The Morgan fingerprint density at radius 1 is 1.23 bits per heavy atom. The number of carbonyl (C=O) groups excluding carboxylic acids is 1. The number of nitrogens with zero attached hydrogens (tertiary/aromatic N) is 1. The summed E-state index contributed by atoms with van der Waals surface area (Å²) in [5, 5.41) is 13.0. The van der Waals surface area contributed by atoms with Gasteiger partial charge in [0.25, 0.3) is 5.91 Å². The third-order valence-corrected chi connectivity index (χ3v) is 6.80. The highest BCUT2D eigenvalue weighted by Gasteiger charge is 2.43. The molecular weight excluding hydrogens is 418 g/mol. The van der Waals surface area contributed by atoms with Gasteiger partial charge in [-0.25, -0.2) is 21.5 Å². The first kappa shape index (κ1) is 21.5. The minimum absolute atomic E-state index is 0.0584. The molecule has 1 atom stereocenters. The van der Waals surface area contributed by atoms with Gasteiger partial charge in [-0.2, -0.15) is 0 Å². The van der Waals surface area contributed by atoms with Crippen molar-refractivity contribution in [3.05, 3.63) is 59.2 Å². The average Bonchev–Trinajstić information content (AvgIpc) is 2.66. The second-order valence-electron chi connectivity index (χ2n) is 7.02. The summed E-state index contributed by atoms with van der Waals surface area (Å²) in [7, 11) is -1.25. The fraction of sp³-hybridized carbons (Fsp3) is 0.263. The summed E-state index contributed by atoms with van der Waals surface area (Å²) in [4.78, 5) is 12.4. The van der Waals surface area contributed by atoms with Gasteiger partial charge in [0.1, 0.15) is 17.4 Å². The van der Waals surface area contributed by atoms with Gasteiger partial charge in [-0.15, -0.1) is 0 Å². The number of sulfonamides is 1. The van der Waals surface area contributed by atoms with E-state index in [0.29, 0.717) is 0 Å². The van der Waals surface area contributed by atoms with Crippen molar-refractivity contribution in [2.24, 2.45) is 0 Å². The van der Waals surface area contributed by atoms with Crippen LogP contribution in [0.1, 0.15) is 22.8 Å². The van der Waals surface area contributed by atoms with Crippen LogP contribution in [0.15, 0.2) is 36.4 Å². The highest BCUT2D eigenvalue weighted by molar-refractivity contribution is 7.89. The van der Waals surface area contributed by atoms with Crippen molar-refractivity contribution >= 4 is 27.6 Å². The molecule has 1 aliphatic heterocycles. The van der Waals surface area contributed by atoms with Crippen LogP contribution in [-0.4, -0.2) is 44.5 Å². The lowest BCUT2D eigenvalue weighted by Gasteiger charge is -2.40. The third-order valence-electron chi connectivity index (χ3n) is 4.84. The fourth-order valence-electron chi connectivity index (χ4n) is 3.15. The largest absolute Gasteiger partial charge is 0.497 e. The summed E-state index contributed by atoms with van der Waals surface area (Å²) >= 11 is 0. The van der Waals surface area contributed by atoms with E-state index < -0.39 is 44.8 Å². The lowest BCUT2D eigenvalue weighted by atomic mass is 9.93. The van der Waals surface area contributed by atoms with Crippen LogP contribution in [0.25, 0.3) is 0 Å². The molecule has 0 bridgehead atoms. The quantitative estimate of drug-likeness (QED) is 0.678. The van der Waals surface area contributed by atoms with E-state index in [1.165, 1.54) is 45.3 Å². The standard InChI is InChI=1S/C19H20F2N4O4S/c1-19(10-30(27,28)25(2)18(22)24-19)14-8-11(4-7-15(14)20)23-17(26)13-6-5-12(29-3)9-16(13)21/h4-9H,10H2,1-3H3,(H2,22,24)(H,23,26)/t19-/m0/s1. The average molecular weight is 438 g/mol. The maximum Gasteiger partial charge on any atom is 0.258 e. The van der Waals surface area contributed by atoms with Gasteiger partial charge in [-0.1, -0.05) is 0 Å². The van der Waals surface area contributed by atoms with Crippen molar-refractivity contribution in [3.8, 4) is 5.75 Å². The Morgan fingerprint density at radius 3 is 2.53 bits per heavy atom. The van der Waals surface area contributed by atoms with E-state index in [4.69, 9.17) is 10.1 Å². The van der Waals surface area contributed by atoms with Crippen LogP contribution in [-0.2, 0) is 15.6 Å². The van der Waals surface area contributed by atoms with Crippen molar-refractivity contribution < 1.29 is 26.7 Å². The zero-order valence-electron chi connectivity index (χ0n) is 16.4. The van der Waals surface area contributed by atoms with Gasteiger partial charge >= 0.3 is 0 Å². The molecule has 3 N–H and O–H groups in total. The van der Waals surface area contributed by atoms with Crippen LogP contribution < -0.4 is 15.4 Å². The Balaban J connectivity index is 1.92. The molecule has 0 spiro atoms. The van der Waals surface area contributed by atoms with E-state index in [1.54, 1.807) is 0 Å². The lowest BCUT2D eigenvalue weighted by Crippen LogP contribution is -2.61. The van der Waals surface area contributed by atoms with E-state index in [-0.39, 0.29) is 22.6 Å². The fourth-order valence-corrected chi connectivity index (χ4v) is 4.63. The third kappa shape index (κ3) is 3.92. The summed E-state index contributed by atoms with van der Waals surface area (Å²) in [5.74, 6) is -2.94. The highest BCUT2D eigenvalue weighted by atomic mass is 32.2. The molecule has 160 valence electrons. The topological polar surface area (TPSA) is 112 Å². The van der Waals surface area contributed by atoms with E-state index in [0.717, 1.165) is 16.4 Å². The van der Waals surface area contributed by atoms with Gasteiger partial charge in [0.2, 0.25) is 16.0 Å². The van der Waals surface area contributed by atoms with Crippen molar-refractivity contribution in [3.63, 3.8) is 0 Å². The molecule has 30 heavy (non-hydrogen) atoms. The van der Waals surface area contributed by atoms with E-state index in [2.05, 4.69) is 10.6 Å². The molecule has 1 amide bonds. The van der Waals surface area contributed by atoms with Gasteiger partial charge in [-0.05, 0) is 37.3 Å².